The smallest absolute Gasteiger partial charge is 0.320 e. The van der Waals surface area contributed by atoms with E-state index >= 15 is 8.78 Å². The van der Waals surface area contributed by atoms with E-state index in [1.165, 1.54) is 6.08 Å². The third kappa shape index (κ3) is 6.79. The number of alkyl halides is 2. The van der Waals surface area contributed by atoms with Gasteiger partial charge in [0.15, 0.2) is 0 Å². The van der Waals surface area contributed by atoms with Crippen LogP contribution in [0.15, 0.2) is 12.7 Å². The van der Waals surface area contributed by atoms with Gasteiger partial charge in [0, 0.05) is 55.6 Å². The molecule has 5 saturated heterocycles. The fourth-order valence-electron chi connectivity index (χ4n) is 9.74. The van der Waals surface area contributed by atoms with Crippen LogP contribution in [0, 0.1) is 23.7 Å². The molecule has 0 radical (unpaired) electrons. The first-order chi connectivity index (χ1) is 21.7. The van der Waals surface area contributed by atoms with Crippen LogP contribution in [0.2, 0.25) is 0 Å². The fraction of sp³-hybridized carbons (Fsp3) is 0.882. The zero-order valence-corrected chi connectivity index (χ0v) is 27.6. The second-order valence-electron chi connectivity index (χ2n) is 15.3. The maximum atomic E-state index is 16.5. The molecule has 0 aromatic heterocycles. The van der Waals surface area contributed by atoms with Gasteiger partial charge in [-0.1, -0.05) is 33.3 Å². The van der Waals surface area contributed by atoms with Crippen molar-refractivity contribution in [2.75, 3.05) is 32.7 Å². The molecule has 9 nitrogen and oxygen atoms in total. The number of hydrogen-bond acceptors (Lipinski definition) is 6. The number of nitrogens with zero attached hydrogens (tertiary/aromatic N) is 3. The Balaban J connectivity index is 1.34. The van der Waals surface area contributed by atoms with Crippen LogP contribution in [-0.4, -0.2) is 114 Å². The van der Waals surface area contributed by atoms with Gasteiger partial charge in [0.1, 0.15) is 12.3 Å². The van der Waals surface area contributed by atoms with Gasteiger partial charge in [0.2, 0.25) is 5.91 Å². The summed E-state index contributed by atoms with van der Waals surface area (Å²) in [5.74, 6) is 0.0311. The highest BCUT2D eigenvalue weighted by Crippen LogP contribution is 2.42. The maximum absolute atomic E-state index is 16.5. The van der Waals surface area contributed by atoms with Crippen LogP contribution in [0.25, 0.3) is 0 Å². The predicted octanol–water partition coefficient (Wildman–Crippen LogP) is 3.37. The number of halogens is 2. The van der Waals surface area contributed by atoms with Gasteiger partial charge in [0.05, 0.1) is 18.4 Å². The molecule has 11 unspecified atom stereocenters. The van der Waals surface area contributed by atoms with Crippen molar-refractivity contribution >= 4 is 11.9 Å². The summed E-state index contributed by atoms with van der Waals surface area (Å²) < 4.78 is 32.2. The van der Waals surface area contributed by atoms with Crippen LogP contribution < -0.4 is 21.3 Å². The zero-order chi connectivity index (χ0) is 31.8. The number of rotatable bonds is 3. The molecule has 6 fully saturated rings. The second kappa shape index (κ2) is 14.1. The molecule has 6 aliphatic rings. The normalized spacial score (nSPS) is 43.5. The van der Waals surface area contributed by atoms with Crippen molar-refractivity contribution in [1.82, 2.24) is 36.0 Å². The summed E-state index contributed by atoms with van der Waals surface area (Å²) >= 11 is 0. The Kier molecular flexibility index (Phi) is 10.4. The third-order valence-electron chi connectivity index (χ3n) is 12.1. The standard InChI is InChI=1S/C34H57F2N7O2/c1-5-29(44)41-13-14-42(21(4)19-41)32-25-17-27(36)31-24-16-23(10-11-26(24)35)37-12-8-6-7-9-22-15-28(30(20(2)3)38-18-22)43(33(25)39-31)34(45)40-32/h5,20-28,30-33,37-39H,1,6-19H2,2-4H3,(H,40,45)/t21-,22?,23?,24?,25?,26?,27?,28?,30?,31?,32?,33?/m0/s1. The minimum Gasteiger partial charge on any atom is -0.336 e. The minimum absolute atomic E-state index is 0.0222. The highest BCUT2D eigenvalue weighted by Gasteiger charge is 2.56. The summed E-state index contributed by atoms with van der Waals surface area (Å²) in [7, 11) is 0. The Morgan fingerprint density at radius 3 is 2.56 bits per heavy atom. The Bertz CT molecular complexity index is 1070. The summed E-state index contributed by atoms with van der Waals surface area (Å²) in [6.07, 6.45) is 5.86. The second-order valence-corrected chi connectivity index (χ2v) is 15.3. The number of urea groups is 1. The summed E-state index contributed by atoms with van der Waals surface area (Å²) in [5.41, 5.74) is 0. The van der Waals surface area contributed by atoms with Crippen molar-refractivity contribution in [1.29, 1.82) is 0 Å². The molecule has 1 saturated carbocycles. The third-order valence-corrected chi connectivity index (χ3v) is 12.1. The van der Waals surface area contributed by atoms with Crippen molar-refractivity contribution in [3.8, 4) is 0 Å². The molecule has 11 heteroatoms. The molecule has 5 aliphatic heterocycles. The lowest BCUT2D eigenvalue weighted by atomic mass is 9.73. The van der Waals surface area contributed by atoms with Crippen LogP contribution in [0.5, 0.6) is 0 Å². The van der Waals surface area contributed by atoms with Crippen LogP contribution in [0.3, 0.4) is 0 Å². The van der Waals surface area contributed by atoms with Crippen LogP contribution >= 0.6 is 0 Å². The highest BCUT2D eigenvalue weighted by molar-refractivity contribution is 5.87. The molecule has 45 heavy (non-hydrogen) atoms. The molecule has 4 N–H and O–H groups in total. The highest BCUT2D eigenvalue weighted by atomic mass is 19.1. The van der Waals surface area contributed by atoms with Crippen molar-refractivity contribution in [3.05, 3.63) is 12.7 Å². The molecule has 5 heterocycles. The van der Waals surface area contributed by atoms with Crippen molar-refractivity contribution in [3.63, 3.8) is 0 Å². The van der Waals surface area contributed by atoms with E-state index in [9.17, 15) is 9.59 Å². The molecule has 0 spiro atoms. The Morgan fingerprint density at radius 1 is 0.978 bits per heavy atom. The van der Waals surface area contributed by atoms with E-state index in [1.54, 1.807) is 4.90 Å². The molecule has 0 aromatic rings. The largest absolute Gasteiger partial charge is 0.336 e. The van der Waals surface area contributed by atoms with Gasteiger partial charge >= 0.3 is 6.03 Å². The number of carbonyl (C=O) groups excluding carboxylic acids is 2. The Labute approximate surface area is 268 Å². The number of carbonyl (C=O) groups is 2. The SMILES string of the molecule is C=CC(=O)N1CCN(C2NC(=O)N3C4CC(CCCCCNC5CCC(F)C(C5)C5NC3C2CC5F)CNC4C(C)C)[C@@H](C)C1. The van der Waals surface area contributed by atoms with Crippen molar-refractivity contribution < 1.29 is 18.4 Å². The topological polar surface area (TPSA) is 92.0 Å². The van der Waals surface area contributed by atoms with E-state index in [2.05, 4.69) is 53.5 Å². The lowest BCUT2D eigenvalue weighted by Gasteiger charge is -2.59. The molecular formula is C34H57F2N7O2. The van der Waals surface area contributed by atoms with E-state index in [0.717, 1.165) is 51.6 Å². The first-order valence-corrected chi connectivity index (χ1v) is 17.9. The number of fused-ring (bicyclic) bond motifs is 7. The lowest BCUT2D eigenvalue weighted by molar-refractivity contribution is -0.132. The van der Waals surface area contributed by atoms with Crippen molar-refractivity contribution in [2.24, 2.45) is 23.7 Å². The quantitative estimate of drug-likeness (QED) is 0.357. The Hall–Kier alpha value is -1.82. The Morgan fingerprint density at radius 2 is 1.80 bits per heavy atom. The molecule has 12 atom stereocenters. The van der Waals surface area contributed by atoms with E-state index < -0.39 is 30.5 Å². The summed E-state index contributed by atoms with van der Waals surface area (Å²) in [5, 5.41) is 14.5. The average molecular weight is 634 g/mol. The molecule has 6 rings (SSSR count). The van der Waals surface area contributed by atoms with Gasteiger partial charge in [-0.2, -0.15) is 0 Å². The van der Waals surface area contributed by atoms with Gasteiger partial charge in [-0.05, 0) is 82.9 Å². The molecule has 0 aromatic carbocycles. The predicted molar refractivity (Wildman–Crippen MR) is 172 cm³/mol. The number of piperazine rings is 1. The summed E-state index contributed by atoms with van der Waals surface area (Å²) in [4.78, 5) is 32.9. The minimum atomic E-state index is -1.22. The fourth-order valence-corrected chi connectivity index (χ4v) is 9.74. The zero-order valence-electron chi connectivity index (χ0n) is 27.6. The summed E-state index contributed by atoms with van der Waals surface area (Å²) in [6.45, 7) is 13.6. The monoisotopic (exact) mass is 633 g/mol. The van der Waals surface area contributed by atoms with E-state index in [4.69, 9.17) is 0 Å². The van der Waals surface area contributed by atoms with Gasteiger partial charge < -0.3 is 25.8 Å². The molecular weight excluding hydrogens is 576 g/mol. The number of nitrogens with one attached hydrogen (secondary N) is 4. The summed E-state index contributed by atoms with van der Waals surface area (Å²) in [6, 6.07) is -0.514. The molecule has 1 aliphatic carbocycles. The van der Waals surface area contributed by atoms with Gasteiger partial charge in [0.25, 0.3) is 0 Å². The van der Waals surface area contributed by atoms with Gasteiger partial charge in [-0.15, -0.1) is 0 Å². The van der Waals surface area contributed by atoms with Crippen LogP contribution in [0.1, 0.15) is 78.6 Å². The van der Waals surface area contributed by atoms with Crippen molar-refractivity contribution in [2.45, 2.75) is 133 Å². The first kappa shape index (κ1) is 33.1. The number of piperidine rings is 2. The van der Waals surface area contributed by atoms with Gasteiger partial charge in [-0.25, -0.2) is 13.6 Å². The van der Waals surface area contributed by atoms with Crippen LogP contribution in [-0.2, 0) is 4.79 Å². The first-order valence-electron chi connectivity index (χ1n) is 17.9. The van der Waals surface area contributed by atoms with E-state index in [1.807, 2.05) is 4.90 Å². The molecule has 254 valence electrons. The average Bonchev–Trinajstić information content (AvgIpc) is 3.02. The number of amides is 3. The van der Waals surface area contributed by atoms with Crippen LogP contribution in [0.4, 0.5) is 13.6 Å². The maximum Gasteiger partial charge on any atom is 0.320 e. The lowest BCUT2D eigenvalue weighted by Crippen LogP contribution is -2.79. The van der Waals surface area contributed by atoms with Gasteiger partial charge in [-0.3, -0.25) is 15.0 Å². The molecule has 3 amide bonds. The number of hydrogen-bond donors (Lipinski definition) is 4. The molecule has 6 bridgehead atoms. The van der Waals surface area contributed by atoms with E-state index in [-0.39, 0.29) is 54.6 Å². The van der Waals surface area contributed by atoms with E-state index in [0.29, 0.717) is 44.3 Å².